The lowest BCUT2D eigenvalue weighted by Crippen LogP contribution is -2.67. The van der Waals surface area contributed by atoms with E-state index < -0.39 is 31.5 Å². The highest BCUT2D eigenvalue weighted by Crippen LogP contribution is 2.49. The summed E-state index contributed by atoms with van der Waals surface area (Å²) in [5, 5.41) is 3.15. The predicted octanol–water partition coefficient (Wildman–Crippen LogP) is 2.37. The van der Waals surface area contributed by atoms with E-state index in [1.165, 1.54) is 13.8 Å². The van der Waals surface area contributed by atoms with Gasteiger partial charge in [0.25, 0.3) is 11.6 Å². The predicted molar refractivity (Wildman–Crippen MR) is 77.9 cm³/mol. The molecular formula is C12H21F3N3O5P. The Morgan fingerprint density at radius 3 is 2.17 bits per heavy atom. The molecule has 1 heterocycles. The van der Waals surface area contributed by atoms with Crippen LogP contribution in [0.25, 0.3) is 0 Å². The number of hydrogen-bond acceptors (Lipinski definition) is 5. The molecule has 0 aromatic carbocycles. The molecule has 2 N–H and O–H groups in total. The standard InChI is InChI=1S/C12H21F3N3O5P/c1-4-7-8-18-9(19)11(12(13,14)15,16-10(18)20)17-24(21,22-5-2)23-6-3/h4-8H2,1-3H3,(H,16,20)(H,17,21). The van der Waals surface area contributed by atoms with E-state index in [0.29, 0.717) is 17.7 Å². The molecule has 8 nitrogen and oxygen atoms in total. The zero-order valence-electron chi connectivity index (χ0n) is 13.6. The van der Waals surface area contributed by atoms with Crippen LogP contribution in [-0.2, 0) is 18.4 Å². The van der Waals surface area contributed by atoms with Gasteiger partial charge in [0, 0.05) is 6.54 Å². The summed E-state index contributed by atoms with van der Waals surface area (Å²) in [6.45, 7) is 3.92. The van der Waals surface area contributed by atoms with Crippen molar-refractivity contribution >= 4 is 19.7 Å². The molecule has 0 radical (unpaired) electrons. The summed E-state index contributed by atoms with van der Waals surface area (Å²) in [7, 11) is -4.48. The van der Waals surface area contributed by atoms with Crippen LogP contribution < -0.4 is 10.4 Å². The normalized spacial score (nSPS) is 22.2. The first-order chi connectivity index (χ1) is 11.1. The third-order valence-corrected chi connectivity index (χ3v) is 4.97. The van der Waals surface area contributed by atoms with Crippen LogP contribution in [0.1, 0.15) is 33.6 Å². The molecular weight excluding hydrogens is 354 g/mol. The maximum Gasteiger partial charge on any atom is 0.435 e. The van der Waals surface area contributed by atoms with Gasteiger partial charge in [-0.25, -0.2) is 9.36 Å². The van der Waals surface area contributed by atoms with Crippen molar-refractivity contribution in [1.82, 2.24) is 15.3 Å². The molecule has 0 saturated carbocycles. The summed E-state index contributed by atoms with van der Waals surface area (Å²) in [5.74, 6) is -1.59. The number of urea groups is 1. The van der Waals surface area contributed by atoms with Gasteiger partial charge in [0.15, 0.2) is 0 Å². The number of rotatable bonds is 9. The van der Waals surface area contributed by atoms with E-state index >= 15 is 0 Å². The van der Waals surface area contributed by atoms with Crippen LogP contribution in [-0.4, -0.2) is 48.4 Å². The van der Waals surface area contributed by atoms with E-state index in [1.54, 1.807) is 17.3 Å². The Bertz CT molecular complexity index is 521. The molecule has 0 aromatic rings. The number of nitrogens with zero attached hydrogens (tertiary/aromatic N) is 1. The molecule has 0 aliphatic carbocycles. The van der Waals surface area contributed by atoms with Crippen LogP contribution in [0.5, 0.6) is 0 Å². The van der Waals surface area contributed by atoms with Crippen molar-refractivity contribution in [3.05, 3.63) is 0 Å². The Hall–Kier alpha value is -1.16. The zero-order chi connectivity index (χ0) is 18.6. The van der Waals surface area contributed by atoms with Crippen molar-refractivity contribution in [1.29, 1.82) is 0 Å². The number of alkyl halides is 3. The van der Waals surface area contributed by atoms with Crippen molar-refractivity contribution < 1.29 is 36.4 Å². The van der Waals surface area contributed by atoms with Crippen molar-refractivity contribution in [2.24, 2.45) is 0 Å². The van der Waals surface area contributed by atoms with Gasteiger partial charge in [0.2, 0.25) is 0 Å². The Kier molecular flexibility index (Phi) is 6.80. The SMILES string of the molecule is CCCCN1C(=O)NC(NP(=O)(OCC)OCC)(C(F)(F)F)C1=O. The summed E-state index contributed by atoms with van der Waals surface area (Å²) >= 11 is 0. The fraction of sp³-hybridized carbons (Fsp3) is 0.833. The number of imide groups is 1. The maximum absolute atomic E-state index is 13.6. The zero-order valence-corrected chi connectivity index (χ0v) is 14.5. The molecule has 0 aromatic heterocycles. The monoisotopic (exact) mass is 375 g/mol. The summed E-state index contributed by atoms with van der Waals surface area (Å²) < 4.78 is 62.7. The van der Waals surface area contributed by atoms with Crippen molar-refractivity contribution in [3.8, 4) is 0 Å². The molecule has 1 unspecified atom stereocenters. The maximum atomic E-state index is 13.6. The lowest BCUT2D eigenvalue weighted by Gasteiger charge is -2.32. The van der Waals surface area contributed by atoms with Gasteiger partial charge in [-0.05, 0) is 20.3 Å². The molecule has 1 atom stereocenters. The minimum absolute atomic E-state index is 0.186. The molecule has 1 saturated heterocycles. The Balaban J connectivity index is 3.24. The topological polar surface area (TPSA) is 97.0 Å². The smallest absolute Gasteiger partial charge is 0.303 e. The fourth-order valence-corrected chi connectivity index (χ4v) is 3.65. The van der Waals surface area contributed by atoms with Gasteiger partial charge in [0.1, 0.15) is 0 Å². The molecule has 24 heavy (non-hydrogen) atoms. The second-order valence-electron chi connectivity index (χ2n) is 4.93. The van der Waals surface area contributed by atoms with Crippen molar-refractivity contribution in [2.45, 2.75) is 45.5 Å². The highest BCUT2D eigenvalue weighted by Gasteiger charge is 2.70. The number of halogens is 3. The second kappa shape index (κ2) is 7.81. The van der Waals surface area contributed by atoms with Gasteiger partial charge in [-0.2, -0.15) is 18.3 Å². The first kappa shape index (κ1) is 20.9. The van der Waals surface area contributed by atoms with Crippen LogP contribution in [0.3, 0.4) is 0 Å². The molecule has 1 fully saturated rings. The molecule has 3 amide bonds. The fourth-order valence-electron chi connectivity index (χ4n) is 2.07. The molecule has 1 aliphatic heterocycles. The quantitative estimate of drug-likeness (QED) is 0.474. The third-order valence-electron chi connectivity index (χ3n) is 3.17. The van der Waals surface area contributed by atoms with Crippen LogP contribution in [0.2, 0.25) is 0 Å². The molecule has 1 aliphatic rings. The largest absolute Gasteiger partial charge is 0.435 e. The van der Waals surface area contributed by atoms with E-state index in [1.807, 2.05) is 0 Å². The Morgan fingerprint density at radius 1 is 1.21 bits per heavy atom. The summed E-state index contributed by atoms with van der Waals surface area (Å²) in [4.78, 5) is 24.6. The summed E-state index contributed by atoms with van der Waals surface area (Å²) in [5.41, 5.74) is -3.56. The average molecular weight is 375 g/mol. The van der Waals surface area contributed by atoms with Crippen LogP contribution in [0.15, 0.2) is 0 Å². The lowest BCUT2D eigenvalue weighted by atomic mass is 10.1. The Morgan fingerprint density at radius 2 is 1.75 bits per heavy atom. The number of unbranched alkanes of at least 4 members (excludes halogenated alkanes) is 1. The first-order valence-corrected chi connectivity index (χ1v) is 9.00. The minimum atomic E-state index is -5.26. The minimum Gasteiger partial charge on any atom is -0.303 e. The molecule has 1 rings (SSSR count). The van der Waals surface area contributed by atoms with Gasteiger partial charge < -0.3 is 5.32 Å². The van der Waals surface area contributed by atoms with E-state index in [9.17, 15) is 27.3 Å². The lowest BCUT2D eigenvalue weighted by molar-refractivity contribution is -0.199. The van der Waals surface area contributed by atoms with E-state index in [0.717, 1.165) is 0 Å². The third kappa shape index (κ3) is 4.08. The van der Waals surface area contributed by atoms with E-state index in [-0.39, 0.29) is 19.8 Å². The van der Waals surface area contributed by atoms with Crippen LogP contribution in [0, 0.1) is 0 Å². The van der Waals surface area contributed by atoms with Gasteiger partial charge in [-0.3, -0.25) is 18.7 Å². The van der Waals surface area contributed by atoms with E-state index in [2.05, 4.69) is 0 Å². The Labute approximate surface area is 137 Å². The molecule has 0 spiro atoms. The highest BCUT2D eigenvalue weighted by atomic mass is 31.2. The van der Waals surface area contributed by atoms with Gasteiger partial charge in [-0.1, -0.05) is 13.3 Å². The van der Waals surface area contributed by atoms with Crippen molar-refractivity contribution in [2.75, 3.05) is 19.8 Å². The molecule has 140 valence electrons. The first-order valence-electron chi connectivity index (χ1n) is 7.46. The second-order valence-corrected chi connectivity index (χ2v) is 6.67. The van der Waals surface area contributed by atoms with E-state index in [4.69, 9.17) is 9.05 Å². The van der Waals surface area contributed by atoms with Crippen LogP contribution >= 0.6 is 7.75 Å². The van der Waals surface area contributed by atoms with Gasteiger partial charge in [-0.15, -0.1) is 0 Å². The van der Waals surface area contributed by atoms with Gasteiger partial charge >= 0.3 is 20.0 Å². The highest BCUT2D eigenvalue weighted by molar-refractivity contribution is 7.51. The number of nitrogens with one attached hydrogen (secondary N) is 2. The number of amides is 3. The van der Waals surface area contributed by atoms with Gasteiger partial charge in [0.05, 0.1) is 13.2 Å². The van der Waals surface area contributed by atoms with Crippen LogP contribution in [0.4, 0.5) is 18.0 Å². The number of hydrogen-bond donors (Lipinski definition) is 2. The molecule has 12 heteroatoms. The van der Waals surface area contributed by atoms with Crippen molar-refractivity contribution in [3.63, 3.8) is 0 Å². The number of carbonyl (C=O) groups is 2. The average Bonchev–Trinajstić information content (AvgIpc) is 2.68. The molecule has 0 bridgehead atoms. The number of carbonyl (C=O) groups excluding carboxylic acids is 2. The summed E-state index contributed by atoms with van der Waals surface area (Å²) in [6.07, 6.45) is -4.36. The summed E-state index contributed by atoms with van der Waals surface area (Å²) in [6, 6.07) is -1.22.